The quantitative estimate of drug-likeness (QED) is 0.578. The molecule has 17 heavy (non-hydrogen) atoms. The van der Waals surface area contributed by atoms with Crippen LogP contribution in [-0.4, -0.2) is 25.0 Å². The van der Waals surface area contributed by atoms with Crippen molar-refractivity contribution >= 4 is 11.9 Å². The summed E-state index contributed by atoms with van der Waals surface area (Å²) in [5.41, 5.74) is 0. The fraction of sp³-hybridized carbons (Fsp3) is 0.692. The summed E-state index contributed by atoms with van der Waals surface area (Å²) in [4.78, 5) is 23.0. The van der Waals surface area contributed by atoms with Crippen LogP contribution in [0.5, 0.6) is 0 Å². The molecule has 4 heteroatoms. The third-order valence-electron chi connectivity index (χ3n) is 3.55. The van der Waals surface area contributed by atoms with Crippen LogP contribution in [0.2, 0.25) is 0 Å². The number of nitrogens with one attached hydrogen (secondary N) is 1. The maximum Gasteiger partial charge on any atom is 0.307 e. The lowest BCUT2D eigenvalue weighted by molar-refractivity contribution is -0.143. The Balaban J connectivity index is 1.68. The molecule has 0 saturated heterocycles. The molecule has 0 aromatic rings. The number of carbonyl (C=O) groups is 2. The second kappa shape index (κ2) is 5.34. The molecule has 0 aromatic heterocycles. The van der Waals surface area contributed by atoms with E-state index in [9.17, 15) is 9.59 Å². The molecule has 2 aliphatic carbocycles. The van der Waals surface area contributed by atoms with Crippen molar-refractivity contribution in [3.63, 3.8) is 0 Å². The topological polar surface area (TPSA) is 55.4 Å². The summed E-state index contributed by atoms with van der Waals surface area (Å²) in [7, 11) is 0. The molecule has 4 nitrogen and oxygen atoms in total. The number of allylic oxidation sites excluding steroid dienone is 2. The standard InChI is InChI=1S/C13H19NO3/c1-2-17-12(15)5-6-14-13(16)11-8-9-3-4-10(11)7-9/h3-4,9-11H,2,5-8H2,1H3,(H,14,16). The number of esters is 1. The van der Waals surface area contributed by atoms with Gasteiger partial charge in [-0.3, -0.25) is 9.59 Å². The minimum Gasteiger partial charge on any atom is -0.466 e. The number of carbonyl (C=O) groups excluding carboxylic acids is 2. The van der Waals surface area contributed by atoms with E-state index in [1.807, 2.05) is 0 Å². The Kier molecular flexibility index (Phi) is 3.82. The van der Waals surface area contributed by atoms with Gasteiger partial charge >= 0.3 is 5.97 Å². The fourth-order valence-corrected chi connectivity index (χ4v) is 2.73. The van der Waals surface area contributed by atoms with Crippen molar-refractivity contribution in [3.8, 4) is 0 Å². The second-order valence-electron chi connectivity index (χ2n) is 4.73. The van der Waals surface area contributed by atoms with E-state index in [1.165, 1.54) is 0 Å². The van der Waals surface area contributed by atoms with Crippen molar-refractivity contribution in [1.29, 1.82) is 0 Å². The summed E-state index contributed by atoms with van der Waals surface area (Å²) in [6.45, 7) is 2.55. The predicted molar refractivity (Wildman–Crippen MR) is 63.1 cm³/mol. The van der Waals surface area contributed by atoms with Gasteiger partial charge < -0.3 is 10.1 Å². The van der Waals surface area contributed by atoms with Crippen LogP contribution in [0.25, 0.3) is 0 Å². The summed E-state index contributed by atoms with van der Waals surface area (Å²) in [6.07, 6.45) is 6.72. The number of amides is 1. The zero-order valence-electron chi connectivity index (χ0n) is 10.1. The van der Waals surface area contributed by atoms with Crippen LogP contribution in [0.4, 0.5) is 0 Å². The fourth-order valence-electron chi connectivity index (χ4n) is 2.73. The summed E-state index contributed by atoms with van der Waals surface area (Å²) in [5, 5.41) is 2.83. The second-order valence-corrected chi connectivity index (χ2v) is 4.73. The molecule has 3 unspecified atom stereocenters. The summed E-state index contributed by atoms with van der Waals surface area (Å²) in [6, 6.07) is 0. The minimum atomic E-state index is -0.249. The maximum atomic E-state index is 11.9. The van der Waals surface area contributed by atoms with Gasteiger partial charge in [0.25, 0.3) is 0 Å². The van der Waals surface area contributed by atoms with Crippen LogP contribution in [0.3, 0.4) is 0 Å². The highest BCUT2D eigenvalue weighted by Crippen LogP contribution is 2.43. The molecule has 2 bridgehead atoms. The van der Waals surface area contributed by atoms with Crippen LogP contribution < -0.4 is 5.32 Å². The van der Waals surface area contributed by atoms with Gasteiger partial charge in [-0.05, 0) is 31.6 Å². The van der Waals surface area contributed by atoms with Crippen LogP contribution in [0.15, 0.2) is 12.2 Å². The normalized spacial score (nSPS) is 29.4. The van der Waals surface area contributed by atoms with Gasteiger partial charge in [-0.25, -0.2) is 0 Å². The van der Waals surface area contributed by atoms with Gasteiger partial charge in [0.2, 0.25) is 5.91 Å². The van der Waals surface area contributed by atoms with E-state index >= 15 is 0 Å². The molecule has 0 spiro atoms. The molecule has 2 rings (SSSR count). The Hall–Kier alpha value is -1.32. The van der Waals surface area contributed by atoms with Crippen molar-refractivity contribution < 1.29 is 14.3 Å². The van der Waals surface area contributed by atoms with E-state index < -0.39 is 0 Å². The highest BCUT2D eigenvalue weighted by atomic mass is 16.5. The number of hydrogen-bond donors (Lipinski definition) is 1. The molecule has 2 aliphatic rings. The molecule has 3 atom stereocenters. The van der Waals surface area contributed by atoms with E-state index in [1.54, 1.807) is 6.92 Å². The zero-order valence-corrected chi connectivity index (χ0v) is 10.1. The van der Waals surface area contributed by atoms with Gasteiger partial charge in [-0.2, -0.15) is 0 Å². The van der Waals surface area contributed by atoms with Crippen molar-refractivity contribution in [3.05, 3.63) is 12.2 Å². The molecule has 0 heterocycles. The van der Waals surface area contributed by atoms with E-state index in [0.717, 1.165) is 12.8 Å². The van der Waals surface area contributed by atoms with E-state index in [4.69, 9.17) is 4.74 Å². The van der Waals surface area contributed by atoms with Crippen molar-refractivity contribution in [2.75, 3.05) is 13.2 Å². The molecule has 1 fully saturated rings. The molecular weight excluding hydrogens is 218 g/mol. The van der Waals surface area contributed by atoms with Crippen LogP contribution in [-0.2, 0) is 14.3 Å². The van der Waals surface area contributed by atoms with Crippen molar-refractivity contribution in [1.82, 2.24) is 5.32 Å². The smallest absolute Gasteiger partial charge is 0.307 e. The van der Waals surface area contributed by atoms with Crippen LogP contribution in [0.1, 0.15) is 26.2 Å². The lowest BCUT2D eigenvalue weighted by Crippen LogP contribution is -2.34. The highest BCUT2D eigenvalue weighted by molar-refractivity contribution is 5.80. The average molecular weight is 237 g/mol. The van der Waals surface area contributed by atoms with Gasteiger partial charge in [0.1, 0.15) is 0 Å². The molecule has 1 saturated carbocycles. The Bertz CT molecular complexity index is 338. The highest BCUT2D eigenvalue weighted by Gasteiger charge is 2.39. The number of ether oxygens (including phenoxy) is 1. The number of rotatable bonds is 5. The van der Waals surface area contributed by atoms with E-state index in [-0.39, 0.29) is 24.2 Å². The largest absolute Gasteiger partial charge is 0.466 e. The first kappa shape index (κ1) is 12.1. The first-order valence-electron chi connectivity index (χ1n) is 6.32. The maximum absolute atomic E-state index is 11.9. The molecule has 1 N–H and O–H groups in total. The minimum absolute atomic E-state index is 0.0890. The van der Waals surface area contributed by atoms with E-state index in [2.05, 4.69) is 17.5 Å². The van der Waals surface area contributed by atoms with Crippen molar-refractivity contribution in [2.24, 2.45) is 17.8 Å². The first-order chi connectivity index (χ1) is 8.20. The number of fused-ring (bicyclic) bond motifs is 2. The lowest BCUT2D eigenvalue weighted by Gasteiger charge is -2.17. The Labute approximate surface area is 101 Å². The SMILES string of the molecule is CCOC(=O)CCNC(=O)C1CC2C=CC1C2. The van der Waals surface area contributed by atoms with Gasteiger partial charge in [-0.15, -0.1) is 0 Å². The van der Waals surface area contributed by atoms with Gasteiger partial charge in [0.15, 0.2) is 0 Å². The number of hydrogen-bond acceptors (Lipinski definition) is 3. The molecule has 94 valence electrons. The lowest BCUT2D eigenvalue weighted by atomic mass is 9.93. The molecule has 0 aromatic carbocycles. The van der Waals surface area contributed by atoms with Crippen LogP contribution >= 0.6 is 0 Å². The average Bonchev–Trinajstić information content (AvgIpc) is 2.90. The summed E-state index contributed by atoms with van der Waals surface area (Å²) < 4.78 is 4.80. The zero-order chi connectivity index (χ0) is 12.3. The van der Waals surface area contributed by atoms with E-state index in [0.29, 0.717) is 25.0 Å². The third kappa shape index (κ3) is 2.87. The Morgan fingerprint density at radius 3 is 2.76 bits per heavy atom. The monoisotopic (exact) mass is 237 g/mol. The molecule has 0 radical (unpaired) electrons. The van der Waals surface area contributed by atoms with Crippen molar-refractivity contribution in [2.45, 2.75) is 26.2 Å². The molecule has 1 amide bonds. The third-order valence-corrected chi connectivity index (χ3v) is 3.55. The molecule has 0 aliphatic heterocycles. The van der Waals surface area contributed by atoms with Gasteiger partial charge in [0, 0.05) is 12.5 Å². The summed E-state index contributed by atoms with van der Waals surface area (Å²) >= 11 is 0. The predicted octanol–water partition coefficient (Wildman–Crippen LogP) is 1.27. The first-order valence-corrected chi connectivity index (χ1v) is 6.32. The van der Waals surface area contributed by atoms with Gasteiger partial charge in [0.05, 0.1) is 13.0 Å². The Morgan fingerprint density at radius 2 is 2.18 bits per heavy atom. The Morgan fingerprint density at radius 1 is 1.35 bits per heavy atom. The summed E-state index contributed by atoms with van der Waals surface area (Å²) in [5.74, 6) is 0.974. The molecular formula is C13H19NO3. The van der Waals surface area contributed by atoms with Crippen LogP contribution in [0, 0.1) is 17.8 Å². The van der Waals surface area contributed by atoms with Gasteiger partial charge in [-0.1, -0.05) is 12.2 Å².